The average molecular weight is 702 g/mol. The van der Waals surface area contributed by atoms with E-state index in [9.17, 15) is 9.59 Å². The van der Waals surface area contributed by atoms with E-state index in [1.807, 2.05) is 11.1 Å². The fourth-order valence-corrected chi connectivity index (χ4v) is 8.94. The van der Waals surface area contributed by atoms with Gasteiger partial charge in [-0.05, 0) is 67.0 Å². The van der Waals surface area contributed by atoms with Crippen LogP contribution in [0.25, 0.3) is 33.6 Å². The van der Waals surface area contributed by atoms with Crippen molar-refractivity contribution >= 4 is 11.8 Å². The second-order valence-electron chi connectivity index (χ2n) is 14.8. The highest BCUT2D eigenvalue weighted by atomic mass is 16.5. The van der Waals surface area contributed by atoms with Crippen molar-refractivity contribution in [2.24, 2.45) is 0 Å². The molecule has 3 saturated heterocycles. The van der Waals surface area contributed by atoms with Crippen LogP contribution in [0.3, 0.4) is 0 Å². The summed E-state index contributed by atoms with van der Waals surface area (Å²) in [6.07, 6.45) is 5.34. The molecule has 2 aromatic heterocycles. The zero-order chi connectivity index (χ0) is 36.1. The maximum absolute atomic E-state index is 11.9. The van der Waals surface area contributed by atoms with E-state index in [4.69, 9.17) is 24.4 Å². The number of carbonyl (C=O) groups is 2. The number of rotatable bonds is 8. The van der Waals surface area contributed by atoms with Gasteiger partial charge in [-0.2, -0.15) is 0 Å². The third-order valence-corrected chi connectivity index (χ3v) is 11.7. The number of hydrogen-bond acceptors (Lipinski definition) is 9. The number of benzene rings is 2. The van der Waals surface area contributed by atoms with Crippen LogP contribution in [0.15, 0.2) is 48.7 Å². The Balaban J connectivity index is 1.05. The summed E-state index contributed by atoms with van der Waals surface area (Å²) in [6, 6.07) is 15.3. The second kappa shape index (κ2) is 13.6. The second-order valence-corrected chi connectivity index (χ2v) is 14.8. The highest BCUT2D eigenvalue weighted by molar-refractivity contribution is 5.83. The lowest BCUT2D eigenvalue weighted by Gasteiger charge is -2.47. The van der Waals surface area contributed by atoms with Gasteiger partial charge >= 0.3 is 0 Å². The summed E-state index contributed by atoms with van der Waals surface area (Å²) >= 11 is 0. The van der Waals surface area contributed by atoms with Gasteiger partial charge in [0.15, 0.2) is 0 Å². The molecule has 4 aliphatic rings. The van der Waals surface area contributed by atoms with Gasteiger partial charge in [-0.1, -0.05) is 36.4 Å². The Morgan fingerprint density at radius 3 is 2.13 bits per heavy atom. The Labute approximate surface area is 305 Å². The third kappa shape index (κ3) is 6.09. The van der Waals surface area contributed by atoms with E-state index in [2.05, 4.69) is 71.4 Å². The predicted molar refractivity (Wildman–Crippen MR) is 199 cm³/mol. The molecule has 0 bridgehead atoms. The lowest BCUT2D eigenvalue weighted by atomic mass is 9.88. The minimum Gasteiger partial charge on any atom is -0.481 e. The van der Waals surface area contributed by atoms with Crippen LogP contribution in [0.5, 0.6) is 11.8 Å². The minimum atomic E-state index is -0.0783. The molecule has 0 radical (unpaired) electrons. The maximum atomic E-state index is 11.9. The number of carbonyl (C=O) groups excluding carboxylic acids is 2. The van der Waals surface area contributed by atoms with Crippen molar-refractivity contribution in [3.8, 4) is 45.4 Å². The summed E-state index contributed by atoms with van der Waals surface area (Å²) in [7, 11) is 3.36. The quantitative estimate of drug-likeness (QED) is 0.268. The van der Waals surface area contributed by atoms with Gasteiger partial charge in [-0.15, -0.1) is 0 Å². The summed E-state index contributed by atoms with van der Waals surface area (Å²) in [5.41, 5.74) is 11.5. The van der Waals surface area contributed by atoms with Crippen LogP contribution in [0.1, 0.15) is 60.2 Å². The molecular weight excluding hydrogens is 654 g/mol. The summed E-state index contributed by atoms with van der Waals surface area (Å²) in [4.78, 5) is 45.3. The van der Waals surface area contributed by atoms with Crippen LogP contribution < -0.4 is 14.8 Å². The maximum Gasteiger partial charge on any atom is 0.237 e. The number of nitrogens with zero attached hydrogens (tertiary/aromatic N) is 6. The van der Waals surface area contributed by atoms with Gasteiger partial charge in [0.1, 0.15) is 5.69 Å². The Morgan fingerprint density at radius 2 is 1.52 bits per heavy atom. The van der Waals surface area contributed by atoms with Crippen molar-refractivity contribution in [3.05, 3.63) is 76.6 Å². The molecule has 1 aliphatic carbocycles. The van der Waals surface area contributed by atoms with Crippen LogP contribution in [0.4, 0.5) is 0 Å². The van der Waals surface area contributed by atoms with Crippen LogP contribution in [0.2, 0.25) is 0 Å². The van der Waals surface area contributed by atoms with Crippen molar-refractivity contribution in [1.29, 1.82) is 0 Å². The normalized spacial score (nSPS) is 19.8. The van der Waals surface area contributed by atoms with E-state index in [0.717, 1.165) is 109 Å². The highest BCUT2D eigenvalue weighted by Crippen LogP contribution is 2.44. The average Bonchev–Trinajstić information content (AvgIpc) is 3.75. The molecular formula is C41H47N7O4. The molecule has 5 heterocycles. The SMILES string of the molecule is COc1nc(-c2cccc(-c3cccc(-c4cc5c(c(OC)n4)C(N4CCN(C(C)=O)CC4)CC5)c3C)c2C)cnc1CN1CC2(CCC(=O)N2)C1. The number of nitrogens with one attached hydrogen (secondary N) is 1. The van der Waals surface area contributed by atoms with Gasteiger partial charge < -0.3 is 19.7 Å². The molecule has 52 heavy (non-hydrogen) atoms. The first kappa shape index (κ1) is 34.2. The fraction of sp³-hybridized carbons (Fsp3) is 0.439. The number of aromatic nitrogens is 3. The lowest BCUT2D eigenvalue weighted by Crippen LogP contribution is -2.66. The van der Waals surface area contributed by atoms with Gasteiger partial charge in [0.25, 0.3) is 0 Å². The summed E-state index contributed by atoms with van der Waals surface area (Å²) < 4.78 is 11.7. The Hall–Kier alpha value is -4.87. The molecule has 1 spiro atoms. The monoisotopic (exact) mass is 701 g/mol. The number of pyridine rings is 1. The van der Waals surface area contributed by atoms with Crippen molar-refractivity contribution in [3.63, 3.8) is 0 Å². The van der Waals surface area contributed by atoms with Crippen LogP contribution in [-0.2, 0) is 22.6 Å². The first-order valence-electron chi connectivity index (χ1n) is 18.4. The molecule has 270 valence electrons. The molecule has 1 atom stereocenters. The molecule has 2 aromatic carbocycles. The molecule has 3 aliphatic heterocycles. The Morgan fingerprint density at radius 1 is 0.885 bits per heavy atom. The standard InChI is InChI=1S/C41H47N7O4/c1-25-29(8-6-10-31(25)33-20-28-12-13-36(38(28)40(43-33)52-5)48-18-16-47(17-19-48)27(3)49)30-9-7-11-32(26(30)2)34-21-42-35(39(44-34)51-4)22-46-23-41(24-46)15-14-37(50)45-41/h6-11,20-21,36H,12-19,22-24H2,1-5H3,(H,45,50). The van der Waals surface area contributed by atoms with E-state index in [1.54, 1.807) is 21.1 Å². The predicted octanol–water partition coefficient (Wildman–Crippen LogP) is 5.12. The van der Waals surface area contributed by atoms with Crippen molar-refractivity contribution in [2.45, 2.75) is 64.6 Å². The number of aryl methyl sites for hydroxylation is 1. The van der Waals surface area contributed by atoms with Gasteiger partial charge in [0.05, 0.1) is 37.3 Å². The van der Waals surface area contributed by atoms with E-state index >= 15 is 0 Å². The van der Waals surface area contributed by atoms with Gasteiger partial charge in [0.2, 0.25) is 23.6 Å². The van der Waals surface area contributed by atoms with Crippen molar-refractivity contribution in [1.82, 2.24) is 35.0 Å². The van der Waals surface area contributed by atoms with Crippen molar-refractivity contribution < 1.29 is 19.1 Å². The van der Waals surface area contributed by atoms with E-state index in [1.165, 1.54) is 11.1 Å². The lowest BCUT2D eigenvalue weighted by molar-refractivity contribution is -0.131. The summed E-state index contributed by atoms with van der Waals surface area (Å²) in [6.45, 7) is 11.5. The van der Waals surface area contributed by atoms with Gasteiger partial charge in [-0.3, -0.25) is 24.4 Å². The number of methoxy groups -OCH3 is 2. The molecule has 1 unspecified atom stereocenters. The topological polar surface area (TPSA) is 113 Å². The minimum absolute atomic E-state index is 0.0783. The number of amides is 2. The molecule has 1 N–H and O–H groups in total. The van der Waals surface area contributed by atoms with Crippen LogP contribution >= 0.6 is 0 Å². The highest BCUT2D eigenvalue weighted by Gasteiger charge is 2.47. The fourth-order valence-electron chi connectivity index (χ4n) is 8.94. The van der Waals surface area contributed by atoms with E-state index in [-0.39, 0.29) is 23.4 Å². The molecule has 11 nitrogen and oxygen atoms in total. The van der Waals surface area contributed by atoms with Gasteiger partial charge in [-0.25, -0.2) is 9.97 Å². The first-order chi connectivity index (χ1) is 25.2. The molecule has 11 heteroatoms. The first-order valence-corrected chi connectivity index (χ1v) is 18.4. The number of fused-ring (bicyclic) bond motifs is 1. The van der Waals surface area contributed by atoms with E-state index in [0.29, 0.717) is 24.7 Å². The van der Waals surface area contributed by atoms with Crippen LogP contribution in [0, 0.1) is 13.8 Å². The molecule has 4 aromatic rings. The molecule has 8 rings (SSSR count). The molecule has 0 saturated carbocycles. The van der Waals surface area contributed by atoms with Gasteiger partial charge in [0, 0.05) is 81.9 Å². The van der Waals surface area contributed by atoms with E-state index < -0.39 is 0 Å². The number of ether oxygens (including phenoxy) is 2. The third-order valence-electron chi connectivity index (χ3n) is 11.7. The van der Waals surface area contributed by atoms with Crippen LogP contribution in [-0.4, -0.2) is 100 Å². The Bertz CT molecular complexity index is 2050. The van der Waals surface area contributed by atoms with Crippen molar-refractivity contribution in [2.75, 3.05) is 53.5 Å². The number of hydrogen-bond donors (Lipinski definition) is 1. The Kier molecular flexibility index (Phi) is 8.95. The molecule has 3 fully saturated rings. The largest absolute Gasteiger partial charge is 0.481 e. The smallest absolute Gasteiger partial charge is 0.237 e. The number of piperazine rings is 1. The summed E-state index contributed by atoms with van der Waals surface area (Å²) in [5.74, 6) is 1.51. The molecule has 2 amide bonds. The summed E-state index contributed by atoms with van der Waals surface area (Å²) in [5, 5.41) is 3.15. The number of likely N-dealkylation sites (tertiary alicyclic amines) is 1. The zero-order valence-electron chi connectivity index (χ0n) is 30.8. The zero-order valence-corrected chi connectivity index (χ0v) is 30.8.